The first-order valence-electron chi connectivity index (χ1n) is 22.4. The van der Waals surface area contributed by atoms with Gasteiger partial charge in [0, 0.05) is 81.1 Å². The Morgan fingerprint density at radius 3 is 1.69 bits per heavy atom. The van der Waals surface area contributed by atoms with Gasteiger partial charge < -0.3 is 44.4 Å². The summed E-state index contributed by atoms with van der Waals surface area (Å²) < 4.78 is 16.9. The molecule has 0 bridgehead atoms. The number of nitrogens with zero attached hydrogens (tertiary/aromatic N) is 9. The molecule has 5 aromatic rings. The molecule has 7 heterocycles. The van der Waals surface area contributed by atoms with Crippen molar-refractivity contribution in [1.29, 1.82) is 0 Å². The number of halogens is 1. The molecular formula is C48H60BrN11O8S2. The van der Waals surface area contributed by atoms with Crippen molar-refractivity contribution in [2.24, 2.45) is 0 Å². The fourth-order valence-electron chi connectivity index (χ4n) is 7.64. The zero-order valence-electron chi connectivity index (χ0n) is 39.6. The van der Waals surface area contributed by atoms with Gasteiger partial charge in [-0.15, -0.1) is 22.7 Å². The van der Waals surface area contributed by atoms with Crippen LogP contribution in [0.3, 0.4) is 0 Å². The summed E-state index contributed by atoms with van der Waals surface area (Å²) in [5.74, 6) is -0.243. The highest BCUT2D eigenvalue weighted by atomic mass is 79.9. The van der Waals surface area contributed by atoms with Crippen LogP contribution in [-0.4, -0.2) is 130 Å². The number of hydrogen-bond acceptors (Lipinski definition) is 16. The molecule has 2 saturated heterocycles. The van der Waals surface area contributed by atoms with Crippen LogP contribution in [0.15, 0.2) is 69.8 Å². The summed E-state index contributed by atoms with van der Waals surface area (Å²) in [6, 6.07) is 9.13. The second kappa shape index (κ2) is 23.0. The third-order valence-electron chi connectivity index (χ3n) is 10.9. The zero-order valence-corrected chi connectivity index (χ0v) is 42.8. The van der Waals surface area contributed by atoms with Gasteiger partial charge in [-0.3, -0.25) is 29.3 Å². The monoisotopic (exact) mass is 1060 g/mol. The molecule has 3 aliphatic heterocycles. The van der Waals surface area contributed by atoms with E-state index in [4.69, 9.17) is 14.2 Å². The average Bonchev–Trinajstić information content (AvgIpc) is 3.93. The summed E-state index contributed by atoms with van der Waals surface area (Å²) in [6.45, 7) is 16.5. The maximum absolute atomic E-state index is 13.2. The quantitative estimate of drug-likeness (QED) is 0.149. The number of amides is 5. The highest BCUT2D eigenvalue weighted by molar-refractivity contribution is 9.11. The number of anilines is 5. The van der Waals surface area contributed by atoms with Crippen LogP contribution in [-0.2, 0) is 16.0 Å². The molecule has 2 N–H and O–H groups in total. The second-order valence-corrected chi connectivity index (χ2v) is 21.2. The fourth-order valence-corrected chi connectivity index (χ4v) is 9.43. The molecule has 4 aromatic heterocycles. The van der Waals surface area contributed by atoms with E-state index in [9.17, 15) is 24.0 Å². The highest BCUT2D eigenvalue weighted by Gasteiger charge is 2.32. The van der Waals surface area contributed by atoms with Crippen molar-refractivity contribution < 1.29 is 38.2 Å². The van der Waals surface area contributed by atoms with Gasteiger partial charge in [-0.2, -0.15) is 0 Å². The lowest BCUT2D eigenvalue weighted by atomic mass is 10.1. The molecule has 19 nitrogen and oxygen atoms in total. The van der Waals surface area contributed by atoms with Gasteiger partial charge in [0.2, 0.25) is 0 Å². The Labute approximate surface area is 424 Å². The van der Waals surface area contributed by atoms with Crippen molar-refractivity contribution in [3.63, 3.8) is 0 Å². The first-order valence-corrected chi connectivity index (χ1v) is 24.9. The van der Waals surface area contributed by atoms with Crippen LogP contribution in [0.4, 0.5) is 37.5 Å². The predicted molar refractivity (Wildman–Crippen MR) is 276 cm³/mol. The minimum absolute atomic E-state index is 0. The molecule has 8 rings (SSSR count). The Morgan fingerprint density at radius 2 is 1.20 bits per heavy atom. The summed E-state index contributed by atoms with van der Waals surface area (Å²) in [7, 11) is 1.56. The largest absolute Gasteiger partial charge is 0.497 e. The number of nitrogens with one attached hydrogen (secondary N) is 2. The molecule has 2 fully saturated rings. The van der Waals surface area contributed by atoms with Crippen molar-refractivity contribution in [3.8, 4) is 5.75 Å². The molecule has 374 valence electrons. The molecule has 0 atom stereocenters. The van der Waals surface area contributed by atoms with Crippen LogP contribution in [0.25, 0.3) is 0 Å². The molecule has 0 spiro atoms. The van der Waals surface area contributed by atoms with Gasteiger partial charge in [-0.25, -0.2) is 19.6 Å². The van der Waals surface area contributed by atoms with Gasteiger partial charge >= 0.3 is 12.2 Å². The fraction of sp³-hybridized carbons (Fsp3) is 0.438. The van der Waals surface area contributed by atoms with Crippen LogP contribution in [0, 0.1) is 0 Å². The first kappa shape index (κ1) is 53.0. The third kappa shape index (κ3) is 13.7. The topological polar surface area (TPSA) is 205 Å². The molecular weight excluding hydrogens is 1000 g/mol. The maximum Gasteiger partial charge on any atom is 0.410 e. The summed E-state index contributed by atoms with van der Waals surface area (Å²) >= 11 is 5.86. The van der Waals surface area contributed by atoms with Gasteiger partial charge in [0.25, 0.3) is 17.7 Å². The molecule has 3 aliphatic rings. The SMILES string of the molecule is C.CC(C)(C)OC(=O)N1CCCN(c2ccncc2NC(=O)c2csc(Br)n2)CC1.COc1ccc2c(c1)C(=O)N(c1nc(C(=O)Nc3cnccc3N3CCCN(C(=O)OC(C)(C)C)CC3)cs1)C2. The van der Waals surface area contributed by atoms with Crippen LogP contribution >= 0.6 is 38.6 Å². The van der Waals surface area contributed by atoms with E-state index in [2.05, 4.69) is 56.3 Å². The summed E-state index contributed by atoms with van der Waals surface area (Å²) in [4.78, 5) is 89.9. The van der Waals surface area contributed by atoms with Gasteiger partial charge in [0.15, 0.2) is 9.05 Å². The molecule has 70 heavy (non-hydrogen) atoms. The van der Waals surface area contributed by atoms with Gasteiger partial charge in [0.1, 0.15) is 28.3 Å². The minimum atomic E-state index is -0.555. The van der Waals surface area contributed by atoms with Crippen molar-refractivity contribution in [1.82, 2.24) is 29.7 Å². The van der Waals surface area contributed by atoms with Crippen LogP contribution in [0.5, 0.6) is 5.75 Å². The van der Waals surface area contributed by atoms with Crippen molar-refractivity contribution in [3.05, 3.63) is 92.3 Å². The number of benzene rings is 1. The number of thiazole rings is 2. The Hall–Kier alpha value is -6.39. The third-order valence-corrected chi connectivity index (χ3v) is 13.1. The summed E-state index contributed by atoms with van der Waals surface area (Å²) in [6.07, 6.45) is 7.54. The number of ether oxygens (including phenoxy) is 3. The molecule has 1 aromatic carbocycles. The lowest BCUT2D eigenvalue weighted by Gasteiger charge is -2.27. The number of carbonyl (C=O) groups excluding carboxylic acids is 5. The number of pyridine rings is 2. The van der Waals surface area contributed by atoms with Crippen molar-refractivity contribution in [2.75, 3.05) is 84.8 Å². The Kier molecular flexibility index (Phi) is 17.4. The van der Waals surface area contributed by atoms with E-state index in [1.807, 2.05) is 65.8 Å². The van der Waals surface area contributed by atoms with Crippen LogP contribution in [0.2, 0.25) is 0 Å². The summed E-state index contributed by atoms with van der Waals surface area (Å²) in [5.41, 5.74) is 3.79. The minimum Gasteiger partial charge on any atom is -0.497 e. The van der Waals surface area contributed by atoms with E-state index in [0.717, 1.165) is 36.3 Å². The van der Waals surface area contributed by atoms with E-state index in [1.165, 1.54) is 22.7 Å². The van der Waals surface area contributed by atoms with Crippen LogP contribution in [0.1, 0.15) is 98.7 Å². The van der Waals surface area contributed by atoms with E-state index >= 15 is 0 Å². The van der Waals surface area contributed by atoms with Gasteiger partial charge in [0.05, 0.1) is 48.8 Å². The van der Waals surface area contributed by atoms with Crippen molar-refractivity contribution >= 4 is 96.4 Å². The lowest BCUT2D eigenvalue weighted by molar-refractivity contribution is 0.0253. The molecule has 22 heteroatoms. The normalized spacial score (nSPS) is 15.1. The van der Waals surface area contributed by atoms with Gasteiger partial charge in [-0.1, -0.05) is 13.5 Å². The molecule has 0 aliphatic carbocycles. The average molecular weight is 1060 g/mol. The zero-order chi connectivity index (χ0) is 49.5. The standard InChI is InChI=1S/C28H32N6O5S.C19H24BrN5O3S.CH4/c1-28(2,3)39-27(37)33-11-5-10-32(12-13-33)23-8-9-29-15-21(23)30-24(35)22-17-40-26(31-22)34-16-18-6-7-19(38-4)14-20(18)25(34)36;1-19(2,3)28-18(27)25-8-4-7-24(9-10-25)15-5-6-21-11-13(15)22-16(26)14-12-29-17(20)23-14;/h6-9,14-15,17H,5,10-13,16H2,1-4H3,(H,30,35);5-6,11-12H,4,7-10H2,1-3H3,(H,22,26);1H4. The number of carbonyl (C=O) groups is 5. The number of aromatic nitrogens is 4. The van der Waals surface area contributed by atoms with E-state index < -0.39 is 17.1 Å². The number of rotatable bonds is 8. The molecule has 0 radical (unpaired) electrons. The smallest absolute Gasteiger partial charge is 0.410 e. The first-order chi connectivity index (χ1) is 32.9. The molecule has 0 unspecified atom stereocenters. The Balaban J connectivity index is 0.000000238. The number of fused-ring (bicyclic) bond motifs is 1. The maximum atomic E-state index is 13.2. The van der Waals surface area contributed by atoms with Gasteiger partial charge in [-0.05, 0) is 100 Å². The highest BCUT2D eigenvalue weighted by Crippen LogP contribution is 2.34. The lowest BCUT2D eigenvalue weighted by Crippen LogP contribution is -2.39. The summed E-state index contributed by atoms with van der Waals surface area (Å²) in [5, 5.41) is 9.62. The van der Waals surface area contributed by atoms with Crippen LogP contribution < -0.4 is 30.1 Å². The van der Waals surface area contributed by atoms with Crippen molar-refractivity contribution in [2.45, 2.75) is 79.6 Å². The molecule has 5 amide bonds. The number of methoxy groups -OCH3 is 1. The Bertz CT molecular complexity index is 2670. The van der Waals surface area contributed by atoms with E-state index in [0.29, 0.717) is 89.8 Å². The second-order valence-electron chi connectivity index (χ2n) is 18.2. The predicted octanol–water partition coefficient (Wildman–Crippen LogP) is 9.04. The number of hydrogen-bond donors (Lipinski definition) is 2. The Morgan fingerprint density at radius 1 is 0.686 bits per heavy atom. The van der Waals surface area contributed by atoms with E-state index in [1.54, 1.807) is 63.4 Å². The van der Waals surface area contributed by atoms with E-state index in [-0.39, 0.29) is 37.1 Å². The molecule has 0 saturated carbocycles.